The minimum atomic E-state index is -1.09. The van der Waals surface area contributed by atoms with Gasteiger partial charge in [0.15, 0.2) is 0 Å². The fourth-order valence-corrected chi connectivity index (χ4v) is 5.31. The Balaban J connectivity index is 1.34. The largest absolute Gasteiger partial charge is 0.480 e. The van der Waals surface area contributed by atoms with Crippen LogP contribution >= 0.6 is 0 Å². The molecule has 2 aliphatic carbocycles. The molecule has 7 nitrogen and oxygen atoms in total. The number of hydrogen-bond donors (Lipinski definition) is 3. The normalized spacial score (nSPS) is 19.7. The van der Waals surface area contributed by atoms with Gasteiger partial charge in [-0.25, -0.2) is 9.59 Å². The Morgan fingerprint density at radius 2 is 1.66 bits per heavy atom. The molecule has 1 fully saturated rings. The van der Waals surface area contributed by atoms with Crippen LogP contribution in [0.3, 0.4) is 0 Å². The maximum Gasteiger partial charge on any atom is 0.407 e. The Morgan fingerprint density at radius 1 is 1.03 bits per heavy atom. The van der Waals surface area contributed by atoms with Crippen LogP contribution in [0.15, 0.2) is 61.2 Å². The molecule has 2 aromatic carbocycles. The molecule has 3 unspecified atom stereocenters. The maximum absolute atomic E-state index is 12.8. The summed E-state index contributed by atoms with van der Waals surface area (Å²) in [5.74, 6) is -1.50. The van der Waals surface area contributed by atoms with Gasteiger partial charge in [-0.15, -0.1) is 6.58 Å². The number of benzene rings is 2. The molecule has 4 rings (SSSR count). The van der Waals surface area contributed by atoms with Crippen LogP contribution in [-0.2, 0) is 14.3 Å². The van der Waals surface area contributed by atoms with Gasteiger partial charge in [0.1, 0.15) is 12.6 Å². The minimum Gasteiger partial charge on any atom is -0.480 e. The standard InChI is InChI=1S/C28H32N2O5/c1-2-9-25(27(32)33)29-26(31)16-18-10-3-8-15-24(18)30-28(34)35-17-23-21-13-6-4-11-19(21)20-12-5-7-14-22(20)23/h2,4-7,11-14,18,23-25H,1,3,8-10,15-17H2,(H,29,31)(H,30,34)(H,32,33). The quantitative estimate of drug-likeness (QED) is 0.458. The molecule has 0 aromatic heterocycles. The first-order chi connectivity index (χ1) is 17.0. The number of carboxylic acids is 1. The van der Waals surface area contributed by atoms with E-state index in [2.05, 4.69) is 41.5 Å². The van der Waals surface area contributed by atoms with Crippen molar-refractivity contribution in [2.75, 3.05) is 6.61 Å². The SMILES string of the molecule is C=CCC(NC(=O)CC1CCCCC1NC(=O)OCC1c2ccccc2-c2ccccc21)C(=O)O. The van der Waals surface area contributed by atoms with Crippen molar-refractivity contribution in [2.45, 2.75) is 56.5 Å². The number of fused-ring (bicyclic) bond motifs is 3. The number of aliphatic carboxylic acids is 1. The first-order valence-electron chi connectivity index (χ1n) is 12.2. The number of nitrogens with one attached hydrogen (secondary N) is 2. The fraction of sp³-hybridized carbons (Fsp3) is 0.393. The predicted molar refractivity (Wildman–Crippen MR) is 133 cm³/mol. The predicted octanol–water partition coefficient (Wildman–Crippen LogP) is 4.62. The molecule has 3 atom stereocenters. The van der Waals surface area contributed by atoms with E-state index in [9.17, 15) is 19.5 Å². The van der Waals surface area contributed by atoms with Crippen molar-refractivity contribution in [3.63, 3.8) is 0 Å². The van der Waals surface area contributed by atoms with E-state index >= 15 is 0 Å². The average Bonchev–Trinajstić information content (AvgIpc) is 3.17. The number of hydrogen-bond acceptors (Lipinski definition) is 4. The van der Waals surface area contributed by atoms with E-state index in [0.29, 0.717) is 0 Å². The molecule has 0 spiro atoms. The Bertz CT molecular complexity index is 1050. The van der Waals surface area contributed by atoms with Gasteiger partial charge in [-0.05, 0) is 47.4 Å². The van der Waals surface area contributed by atoms with Crippen molar-refractivity contribution in [3.05, 3.63) is 72.3 Å². The first kappa shape index (κ1) is 24.5. The van der Waals surface area contributed by atoms with E-state index in [4.69, 9.17) is 4.74 Å². The number of rotatable bonds is 9. The summed E-state index contributed by atoms with van der Waals surface area (Å²) in [6.07, 6.45) is 4.79. The molecule has 2 amide bonds. The van der Waals surface area contributed by atoms with Crippen molar-refractivity contribution in [2.24, 2.45) is 5.92 Å². The summed E-state index contributed by atoms with van der Waals surface area (Å²) in [5.41, 5.74) is 4.65. The van der Waals surface area contributed by atoms with E-state index in [1.54, 1.807) is 0 Å². The van der Waals surface area contributed by atoms with Gasteiger partial charge >= 0.3 is 12.1 Å². The molecule has 0 aliphatic heterocycles. The molecule has 3 N–H and O–H groups in total. The van der Waals surface area contributed by atoms with Crippen molar-refractivity contribution in [1.82, 2.24) is 10.6 Å². The molecule has 2 aromatic rings. The third-order valence-electron chi connectivity index (χ3n) is 7.04. The Kier molecular flexibility index (Phi) is 7.85. The fourth-order valence-electron chi connectivity index (χ4n) is 5.31. The van der Waals surface area contributed by atoms with Crippen LogP contribution < -0.4 is 10.6 Å². The summed E-state index contributed by atoms with van der Waals surface area (Å²) in [5, 5.41) is 14.8. The summed E-state index contributed by atoms with van der Waals surface area (Å²) in [4.78, 5) is 36.6. The van der Waals surface area contributed by atoms with Crippen molar-refractivity contribution < 1.29 is 24.2 Å². The second-order valence-corrected chi connectivity index (χ2v) is 9.31. The van der Waals surface area contributed by atoms with Gasteiger partial charge in [-0.2, -0.15) is 0 Å². The molecule has 0 bridgehead atoms. The first-order valence-corrected chi connectivity index (χ1v) is 12.2. The van der Waals surface area contributed by atoms with Gasteiger partial charge in [-0.1, -0.05) is 67.4 Å². The van der Waals surface area contributed by atoms with Gasteiger partial charge in [0.25, 0.3) is 0 Å². The lowest BCUT2D eigenvalue weighted by Crippen LogP contribution is -2.46. The summed E-state index contributed by atoms with van der Waals surface area (Å²) in [7, 11) is 0. The summed E-state index contributed by atoms with van der Waals surface area (Å²) < 4.78 is 5.68. The summed E-state index contributed by atoms with van der Waals surface area (Å²) in [6, 6.07) is 15.2. The molecule has 2 aliphatic rings. The number of alkyl carbamates (subject to hydrolysis) is 1. The minimum absolute atomic E-state index is 0.0149. The van der Waals surface area contributed by atoms with Crippen LogP contribution in [0, 0.1) is 5.92 Å². The lowest BCUT2D eigenvalue weighted by atomic mass is 9.82. The highest BCUT2D eigenvalue weighted by molar-refractivity contribution is 5.84. The second-order valence-electron chi connectivity index (χ2n) is 9.31. The monoisotopic (exact) mass is 476 g/mol. The van der Waals surface area contributed by atoms with E-state index in [1.165, 1.54) is 17.2 Å². The zero-order valence-electron chi connectivity index (χ0n) is 19.7. The molecular weight excluding hydrogens is 444 g/mol. The van der Waals surface area contributed by atoms with E-state index in [0.717, 1.165) is 36.8 Å². The molecule has 184 valence electrons. The van der Waals surface area contributed by atoms with E-state index in [1.807, 2.05) is 24.3 Å². The Hall–Kier alpha value is -3.61. The molecule has 1 saturated carbocycles. The lowest BCUT2D eigenvalue weighted by Gasteiger charge is -2.32. The number of amides is 2. The van der Waals surface area contributed by atoms with Crippen LogP contribution in [0.1, 0.15) is 55.6 Å². The van der Waals surface area contributed by atoms with Crippen LogP contribution in [0.5, 0.6) is 0 Å². The maximum atomic E-state index is 12.8. The summed E-state index contributed by atoms with van der Waals surface area (Å²) >= 11 is 0. The molecule has 35 heavy (non-hydrogen) atoms. The molecule has 0 radical (unpaired) electrons. The molecule has 7 heteroatoms. The van der Waals surface area contributed by atoms with Crippen LogP contribution in [0.4, 0.5) is 4.79 Å². The van der Waals surface area contributed by atoms with Crippen molar-refractivity contribution in [3.8, 4) is 11.1 Å². The highest BCUT2D eigenvalue weighted by atomic mass is 16.5. The van der Waals surface area contributed by atoms with Crippen LogP contribution in [-0.4, -0.2) is 41.8 Å². The van der Waals surface area contributed by atoms with Gasteiger partial charge in [0.05, 0.1) is 0 Å². The molecule has 0 saturated heterocycles. The third-order valence-corrected chi connectivity index (χ3v) is 7.04. The van der Waals surface area contributed by atoms with E-state index in [-0.39, 0.29) is 43.2 Å². The van der Waals surface area contributed by atoms with Crippen molar-refractivity contribution in [1.29, 1.82) is 0 Å². The highest BCUT2D eigenvalue weighted by Crippen LogP contribution is 2.44. The van der Waals surface area contributed by atoms with Gasteiger partial charge in [0, 0.05) is 18.4 Å². The number of carboxylic acid groups (broad SMARTS) is 1. The number of carbonyl (C=O) groups excluding carboxylic acids is 2. The van der Waals surface area contributed by atoms with E-state index < -0.39 is 18.1 Å². The third kappa shape index (κ3) is 5.73. The number of ether oxygens (including phenoxy) is 1. The van der Waals surface area contributed by atoms with Gasteiger partial charge < -0.3 is 20.5 Å². The number of carbonyl (C=O) groups is 3. The molecule has 0 heterocycles. The van der Waals surface area contributed by atoms with Crippen LogP contribution in [0.2, 0.25) is 0 Å². The van der Waals surface area contributed by atoms with Crippen LogP contribution in [0.25, 0.3) is 11.1 Å². The smallest absolute Gasteiger partial charge is 0.407 e. The molecular formula is C28H32N2O5. The van der Waals surface area contributed by atoms with Crippen molar-refractivity contribution >= 4 is 18.0 Å². The topological polar surface area (TPSA) is 105 Å². The lowest BCUT2D eigenvalue weighted by molar-refractivity contribution is -0.141. The Labute approximate surface area is 205 Å². The van der Waals surface area contributed by atoms with Gasteiger partial charge in [0.2, 0.25) is 5.91 Å². The Morgan fingerprint density at radius 3 is 2.29 bits per heavy atom. The zero-order chi connectivity index (χ0) is 24.8. The highest BCUT2D eigenvalue weighted by Gasteiger charge is 2.32. The summed E-state index contributed by atoms with van der Waals surface area (Å²) in [6.45, 7) is 3.78. The van der Waals surface area contributed by atoms with Gasteiger partial charge in [-0.3, -0.25) is 4.79 Å². The second kappa shape index (κ2) is 11.2. The average molecular weight is 477 g/mol. The zero-order valence-corrected chi connectivity index (χ0v) is 19.7.